The van der Waals surface area contributed by atoms with Crippen molar-refractivity contribution in [3.63, 3.8) is 0 Å². The van der Waals surface area contributed by atoms with Crippen molar-refractivity contribution in [3.05, 3.63) is 200 Å². The van der Waals surface area contributed by atoms with Crippen molar-refractivity contribution in [2.45, 2.75) is 38.0 Å². The maximum absolute atomic E-state index is 2.55. The molecule has 0 aliphatic heterocycles. The van der Waals surface area contributed by atoms with E-state index in [-0.39, 0.29) is 0 Å². The highest BCUT2D eigenvalue weighted by Gasteiger charge is 2.25. The van der Waals surface area contributed by atoms with Gasteiger partial charge in [-0.2, -0.15) is 0 Å². The van der Waals surface area contributed by atoms with Crippen LogP contribution in [0.25, 0.3) is 84.5 Å². The lowest BCUT2D eigenvalue weighted by atomic mass is 9.80. The Balaban J connectivity index is 1.12. The molecule has 1 aliphatic rings. The lowest BCUT2D eigenvalue weighted by Gasteiger charge is -2.31. The van der Waals surface area contributed by atoms with E-state index >= 15 is 0 Å². The summed E-state index contributed by atoms with van der Waals surface area (Å²) in [5.74, 6) is 0.581. The van der Waals surface area contributed by atoms with Crippen molar-refractivity contribution >= 4 is 90.9 Å². The predicted molar refractivity (Wildman–Crippen MR) is 267 cm³/mol. The van der Waals surface area contributed by atoms with Crippen LogP contribution in [0.3, 0.4) is 0 Å². The van der Waals surface area contributed by atoms with Gasteiger partial charge in [0.25, 0.3) is 0 Å². The molecular formula is C58H43NS2. The van der Waals surface area contributed by atoms with E-state index in [1.807, 2.05) is 22.7 Å². The van der Waals surface area contributed by atoms with E-state index in [1.165, 1.54) is 128 Å². The second kappa shape index (κ2) is 15.2. The average Bonchev–Trinajstić information content (AvgIpc) is 3.91. The van der Waals surface area contributed by atoms with Crippen LogP contribution in [-0.4, -0.2) is 0 Å². The van der Waals surface area contributed by atoms with Gasteiger partial charge in [0.2, 0.25) is 0 Å². The molecule has 1 fully saturated rings. The minimum atomic E-state index is 0.581. The van der Waals surface area contributed by atoms with Gasteiger partial charge < -0.3 is 4.90 Å². The van der Waals surface area contributed by atoms with Crippen molar-refractivity contribution in [1.29, 1.82) is 0 Å². The summed E-state index contributed by atoms with van der Waals surface area (Å²) in [5, 5.41) is 7.98. The number of benzene rings is 9. The van der Waals surface area contributed by atoms with Crippen molar-refractivity contribution in [3.8, 4) is 33.4 Å². The molecule has 61 heavy (non-hydrogen) atoms. The first-order chi connectivity index (χ1) is 30.3. The van der Waals surface area contributed by atoms with Gasteiger partial charge in [-0.15, -0.1) is 22.7 Å². The van der Waals surface area contributed by atoms with Gasteiger partial charge in [-0.3, -0.25) is 0 Å². The van der Waals surface area contributed by atoms with Crippen LogP contribution in [0.1, 0.15) is 43.6 Å². The molecule has 2 heterocycles. The predicted octanol–water partition coefficient (Wildman–Crippen LogP) is 18.1. The fraction of sp³-hybridized carbons (Fsp3) is 0.103. The Morgan fingerprint density at radius 3 is 1.61 bits per heavy atom. The monoisotopic (exact) mass is 817 g/mol. The second-order valence-electron chi connectivity index (χ2n) is 16.6. The summed E-state index contributed by atoms with van der Waals surface area (Å²) in [6.45, 7) is 0. The molecular weight excluding hydrogens is 775 g/mol. The summed E-state index contributed by atoms with van der Waals surface area (Å²) in [7, 11) is 0. The smallest absolute Gasteiger partial charge is 0.0540 e. The van der Waals surface area contributed by atoms with E-state index in [9.17, 15) is 0 Å². The zero-order valence-corrected chi connectivity index (χ0v) is 35.5. The summed E-state index contributed by atoms with van der Waals surface area (Å²) in [6.07, 6.45) is 6.48. The zero-order chi connectivity index (χ0) is 40.3. The summed E-state index contributed by atoms with van der Waals surface area (Å²) in [6, 6.07) is 72.7. The number of anilines is 3. The molecule has 11 aromatic rings. The van der Waals surface area contributed by atoms with Crippen molar-refractivity contribution in [1.82, 2.24) is 0 Å². The van der Waals surface area contributed by atoms with Crippen LogP contribution in [0.15, 0.2) is 194 Å². The van der Waals surface area contributed by atoms with E-state index in [4.69, 9.17) is 0 Å². The third-order valence-electron chi connectivity index (χ3n) is 13.1. The maximum atomic E-state index is 2.55. The minimum absolute atomic E-state index is 0.581. The molecule has 1 saturated carbocycles. The molecule has 0 atom stereocenters. The van der Waals surface area contributed by atoms with Crippen molar-refractivity contribution in [2.75, 3.05) is 4.90 Å². The molecule has 0 unspecified atom stereocenters. The molecule has 0 spiro atoms. The molecule has 0 radical (unpaired) electrons. The Bertz CT molecular complexity index is 3430. The Morgan fingerprint density at radius 1 is 0.393 bits per heavy atom. The third-order valence-corrected chi connectivity index (χ3v) is 15.5. The van der Waals surface area contributed by atoms with Crippen LogP contribution < -0.4 is 4.90 Å². The first-order valence-corrected chi connectivity index (χ1v) is 23.3. The minimum Gasteiger partial charge on any atom is -0.309 e. The van der Waals surface area contributed by atoms with Gasteiger partial charge in [0.1, 0.15) is 0 Å². The number of hydrogen-bond acceptors (Lipinski definition) is 3. The van der Waals surface area contributed by atoms with E-state index in [0.717, 1.165) is 11.4 Å². The average molecular weight is 818 g/mol. The van der Waals surface area contributed by atoms with Crippen LogP contribution in [0.2, 0.25) is 0 Å². The summed E-state index contributed by atoms with van der Waals surface area (Å²) in [4.78, 5) is 2.55. The number of hydrogen-bond donors (Lipinski definition) is 0. The fourth-order valence-corrected chi connectivity index (χ4v) is 12.8. The highest BCUT2D eigenvalue weighted by Crippen LogP contribution is 2.50. The largest absolute Gasteiger partial charge is 0.309 e. The molecule has 0 saturated heterocycles. The SMILES string of the molecule is c1cc(-c2cccc3c2sc2ccccc23)cc(N(c2ccccc2-c2cccc3c2sc2ccccc23)c2ccccc2-c2cccc3cccc(C4CCCCC4)c23)c1. The van der Waals surface area contributed by atoms with Gasteiger partial charge in [0.15, 0.2) is 0 Å². The van der Waals surface area contributed by atoms with Gasteiger partial charge >= 0.3 is 0 Å². The summed E-state index contributed by atoms with van der Waals surface area (Å²) < 4.78 is 5.29. The molecule has 9 aromatic carbocycles. The topological polar surface area (TPSA) is 3.24 Å². The maximum Gasteiger partial charge on any atom is 0.0540 e. The molecule has 1 aliphatic carbocycles. The van der Waals surface area contributed by atoms with Crippen LogP contribution in [0.4, 0.5) is 17.1 Å². The van der Waals surface area contributed by atoms with Crippen molar-refractivity contribution in [2.24, 2.45) is 0 Å². The summed E-state index contributed by atoms with van der Waals surface area (Å²) in [5.41, 5.74) is 12.5. The molecule has 1 nitrogen and oxygen atoms in total. The van der Waals surface area contributed by atoms with E-state index < -0.39 is 0 Å². The zero-order valence-electron chi connectivity index (χ0n) is 33.9. The van der Waals surface area contributed by atoms with E-state index in [0.29, 0.717) is 5.92 Å². The van der Waals surface area contributed by atoms with Gasteiger partial charge in [-0.05, 0) is 88.2 Å². The van der Waals surface area contributed by atoms with Crippen LogP contribution in [0, 0.1) is 0 Å². The van der Waals surface area contributed by atoms with Gasteiger partial charge in [0, 0.05) is 62.7 Å². The Hall–Kier alpha value is -6.52. The lowest BCUT2D eigenvalue weighted by molar-refractivity contribution is 0.445. The van der Waals surface area contributed by atoms with E-state index in [1.54, 1.807) is 0 Å². The third kappa shape index (κ3) is 6.18. The number of rotatable bonds is 7. The highest BCUT2D eigenvalue weighted by atomic mass is 32.1. The first kappa shape index (κ1) is 36.3. The fourth-order valence-electron chi connectivity index (χ4n) is 10.3. The van der Waals surface area contributed by atoms with Gasteiger partial charge in [-0.25, -0.2) is 0 Å². The normalized spacial score (nSPS) is 13.5. The Kier molecular flexibility index (Phi) is 9.05. The number of thiophene rings is 2. The van der Waals surface area contributed by atoms with Crippen LogP contribution >= 0.6 is 22.7 Å². The summed E-state index contributed by atoms with van der Waals surface area (Å²) >= 11 is 3.79. The number of nitrogens with zero attached hydrogens (tertiary/aromatic N) is 1. The standard InChI is InChI=1S/C58H43NS2/c1-2-17-38(18-3-1)42-27-13-19-39-20-14-29-48(56(39)42)44-23-4-8-33-52(44)59(41-22-12-21-40(37-41)43-28-15-31-50-46-25-6-10-35-54(46)60-57(43)50)53-34-9-5-24-45(53)49-30-16-32-51-47-26-7-11-36-55(47)61-58(49)51/h4-16,19-38H,1-3,17-18H2. The Morgan fingerprint density at radius 2 is 0.902 bits per heavy atom. The molecule has 0 N–H and O–H groups in total. The molecule has 0 amide bonds. The second-order valence-corrected chi connectivity index (χ2v) is 18.7. The Labute approximate surface area is 364 Å². The molecule has 12 rings (SSSR count). The first-order valence-electron chi connectivity index (χ1n) is 21.7. The lowest BCUT2D eigenvalue weighted by Crippen LogP contribution is -2.13. The number of para-hydroxylation sites is 2. The quantitative estimate of drug-likeness (QED) is 0.155. The molecule has 292 valence electrons. The number of fused-ring (bicyclic) bond motifs is 7. The van der Waals surface area contributed by atoms with Gasteiger partial charge in [0.05, 0.1) is 11.4 Å². The van der Waals surface area contributed by atoms with E-state index in [2.05, 4.69) is 199 Å². The van der Waals surface area contributed by atoms with Gasteiger partial charge in [-0.1, -0.05) is 177 Å². The van der Waals surface area contributed by atoms with Crippen LogP contribution in [-0.2, 0) is 0 Å². The van der Waals surface area contributed by atoms with Crippen LogP contribution in [0.5, 0.6) is 0 Å². The molecule has 0 bridgehead atoms. The molecule has 3 heteroatoms. The van der Waals surface area contributed by atoms with Crippen molar-refractivity contribution < 1.29 is 0 Å². The molecule has 2 aromatic heterocycles. The highest BCUT2D eigenvalue weighted by molar-refractivity contribution is 7.26.